The van der Waals surface area contributed by atoms with Crippen molar-refractivity contribution in [1.29, 1.82) is 0 Å². The Hall–Kier alpha value is -4.71. The van der Waals surface area contributed by atoms with E-state index in [-0.39, 0.29) is 45.7 Å². The molecule has 0 saturated carbocycles. The van der Waals surface area contributed by atoms with Crippen molar-refractivity contribution in [2.75, 3.05) is 0 Å². The summed E-state index contributed by atoms with van der Waals surface area (Å²) < 4.78 is 126. The second kappa shape index (κ2) is 10.9. The van der Waals surface area contributed by atoms with Crippen molar-refractivity contribution in [3.63, 3.8) is 0 Å². The summed E-state index contributed by atoms with van der Waals surface area (Å²) in [6, 6.07) is 11.9. The smallest absolute Gasteiger partial charge is 0.207 e. The molecule has 0 heterocycles. The minimum Gasteiger partial charge on any atom is -0.207 e. The van der Waals surface area contributed by atoms with Gasteiger partial charge in [-0.2, -0.15) is 13.2 Å². The Balaban J connectivity index is 1.45. The Kier molecular flexibility index (Phi) is 7.50. The van der Waals surface area contributed by atoms with E-state index in [0.29, 0.717) is 10.9 Å². The molecule has 0 fully saturated rings. The van der Waals surface area contributed by atoms with Crippen LogP contribution in [-0.4, -0.2) is 6.18 Å². The summed E-state index contributed by atoms with van der Waals surface area (Å²) in [6.07, 6.45) is -3.72. The van der Waals surface area contributed by atoms with Crippen LogP contribution in [0.3, 0.4) is 0 Å². The molecule has 5 aromatic carbocycles. The molecule has 0 nitrogen and oxygen atoms in total. The molecule has 0 bridgehead atoms. The summed E-state index contributed by atoms with van der Waals surface area (Å²) in [4.78, 5) is 0. The van der Waals surface area contributed by atoms with Gasteiger partial charge in [0.1, 0.15) is 34.9 Å². The Labute approximate surface area is 233 Å². The van der Waals surface area contributed by atoms with E-state index in [2.05, 4.69) is 6.58 Å². The zero-order valence-electron chi connectivity index (χ0n) is 21.4. The lowest BCUT2D eigenvalue weighted by atomic mass is 9.95. The number of rotatable bonds is 5. The first-order chi connectivity index (χ1) is 19.9. The molecule has 0 spiro atoms. The van der Waals surface area contributed by atoms with Crippen molar-refractivity contribution in [3.05, 3.63) is 124 Å². The van der Waals surface area contributed by atoms with E-state index in [9.17, 15) is 26.3 Å². The number of fused-ring (bicyclic) bond motifs is 2. The van der Waals surface area contributed by atoms with Crippen LogP contribution in [0.4, 0.5) is 39.5 Å². The van der Waals surface area contributed by atoms with E-state index < -0.39 is 52.2 Å². The van der Waals surface area contributed by atoms with Crippen LogP contribution in [0.1, 0.15) is 22.3 Å². The molecule has 0 saturated heterocycles. The number of benzene rings is 5. The van der Waals surface area contributed by atoms with Crippen molar-refractivity contribution >= 4 is 27.6 Å². The summed E-state index contributed by atoms with van der Waals surface area (Å²) >= 11 is 0. The Morgan fingerprint density at radius 3 is 1.95 bits per heavy atom. The molecule has 5 aromatic rings. The van der Waals surface area contributed by atoms with Crippen LogP contribution in [0.15, 0.2) is 67.2 Å². The first-order valence-electron chi connectivity index (χ1n) is 12.4. The number of hydrogen-bond acceptors (Lipinski definition) is 0. The maximum absolute atomic E-state index is 15.1. The summed E-state index contributed by atoms with van der Waals surface area (Å²) in [5.74, 6) is -4.13. The van der Waals surface area contributed by atoms with Gasteiger partial charge < -0.3 is 0 Å². The summed E-state index contributed by atoms with van der Waals surface area (Å²) in [5.41, 5.74) is -1.15. The average Bonchev–Trinajstić information content (AvgIpc) is 2.91. The van der Waals surface area contributed by atoms with E-state index in [1.165, 1.54) is 24.1 Å². The van der Waals surface area contributed by atoms with Gasteiger partial charge in [0.05, 0.1) is 11.1 Å². The lowest BCUT2D eigenvalue weighted by Gasteiger charge is -2.12. The third-order valence-corrected chi connectivity index (χ3v) is 6.80. The van der Waals surface area contributed by atoms with E-state index >= 15 is 13.2 Å². The Morgan fingerprint density at radius 1 is 0.667 bits per heavy atom. The van der Waals surface area contributed by atoms with Gasteiger partial charge in [-0.15, -0.1) is 0 Å². The van der Waals surface area contributed by atoms with Crippen LogP contribution in [0, 0.1) is 46.7 Å². The van der Waals surface area contributed by atoms with Crippen molar-refractivity contribution in [2.45, 2.75) is 19.0 Å². The van der Waals surface area contributed by atoms with Crippen LogP contribution in [0.5, 0.6) is 0 Å². The molecule has 5 rings (SSSR count). The minimum absolute atomic E-state index is 0.0949. The average molecular weight is 584 g/mol. The van der Waals surface area contributed by atoms with Crippen LogP contribution in [-0.2, 0) is 12.8 Å². The number of alkyl halides is 3. The van der Waals surface area contributed by atoms with Crippen LogP contribution in [0.2, 0.25) is 0 Å². The third kappa shape index (κ3) is 5.57. The van der Waals surface area contributed by atoms with E-state index in [1.807, 2.05) is 0 Å². The maximum Gasteiger partial charge on any atom is 0.458 e. The molecule has 0 aliphatic rings. The maximum atomic E-state index is 15.1. The monoisotopic (exact) mass is 584 g/mol. The largest absolute Gasteiger partial charge is 0.458 e. The molecule has 0 atom stereocenters. The van der Waals surface area contributed by atoms with Crippen molar-refractivity contribution in [3.8, 4) is 23.0 Å². The highest BCUT2D eigenvalue weighted by molar-refractivity contribution is 5.89. The second-order valence-electron chi connectivity index (χ2n) is 9.50. The summed E-state index contributed by atoms with van der Waals surface area (Å²) in [7, 11) is 0. The van der Waals surface area contributed by atoms with Gasteiger partial charge in [-0.05, 0) is 76.7 Å². The zero-order valence-corrected chi connectivity index (χ0v) is 21.4. The molecule has 9 heteroatoms. The fourth-order valence-corrected chi connectivity index (χ4v) is 4.80. The minimum atomic E-state index is -4.97. The molecule has 0 N–H and O–H groups in total. The first kappa shape index (κ1) is 28.8. The van der Waals surface area contributed by atoms with E-state index in [1.54, 1.807) is 12.1 Å². The quantitative estimate of drug-likeness (QED) is 0.143. The molecular formula is C33H17F9. The van der Waals surface area contributed by atoms with Gasteiger partial charge in [-0.25, -0.2) is 26.3 Å². The van der Waals surface area contributed by atoms with Gasteiger partial charge in [0, 0.05) is 22.3 Å². The van der Waals surface area contributed by atoms with Gasteiger partial charge in [-0.1, -0.05) is 42.8 Å². The predicted molar refractivity (Wildman–Crippen MR) is 144 cm³/mol. The standard InChI is InChI=1S/C33H17F9/c1-2-17-3-6-22-20(11-17)15-26(34)24(31(22)38)7-4-18-12-28(36)30(29(37)13-18)19-5-8-23-21(14-19)16-27(35)25(32(23)39)9-10-33(40,41)42/h2-3,5-6,8,11-16H,1,4,7H2. The van der Waals surface area contributed by atoms with Crippen LogP contribution in [0.25, 0.3) is 38.7 Å². The van der Waals surface area contributed by atoms with Gasteiger partial charge in [-0.3, -0.25) is 0 Å². The second-order valence-corrected chi connectivity index (χ2v) is 9.50. The van der Waals surface area contributed by atoms with E-state index in [0.717, 1.165) is 42.3 Å². The number of aryl methyl sites for hydroxylation is 1. The molecule has 0 radical (unpaired) electrons. The lowest BCUT2D eigenvalue weighted by Crippen LogP contribution is -2.03. The molecule has 0 aliphatic carbocycles. The van der Waals surface area contributed by atoms with Gasteiger partial charge in [0.15, 0.2) is 0 Å². The van der Waals surface area contributed by atoms with Crippen LogP contribution < -0.4 is 0 Å². The molecular weight excluding hydrogens is 567 g/mol. The third-order valence-electron chi connectivity index (χ3n) is 6.80. The summed E-state index contributed by atoms with van der Waals surface area (Å²) in [6.45, 7) is 3.62. The SMILES string of the molecule is C=Cc1ccc2c(F)c(CCc3cc(F)c(-c4ccc5c(F)c(C#CC(F)(F)F)c(F)cc5c4)c(F)c3)c(F)cc2c1. The lowest BCUT2D eigenvalue weighted by molar-refractivity contribution is -0.0696. The van der Waals surface area contributed by atoms with Gasteiger partial charge in [0.2, 0.25) is 0 Å². The zero-order chi connectivity index (χ0) is 30.3. The molecule has 0 aromatic heterocycles. The topological polar surface area (TPSA) is 0 Å². The highest BCUT2D eigenvalue weighted by Crippen LogP contribution is 2.33. The highest BCUT2D eigenvalue weighted by Gasteiger charge is 2.24. The van der Waals surface area contributed by atoms with Crippen LogP contribution >= 0.6 is 0 Å². The molecule has 0 amide bonds. The van der Waals surface area contributed by atoms with Gasteiger partial charge in [0.25, 0.3) is 0 Å². The predicted octanol–water partition coefficient (Wildman–Crippen LogP) is 9.84. The Bertz CT molecular complexity index is 1930. The number of halogens is 9. The normalized spacial score (nSPS) is 11.5. The molecule has 212 valence electrons. The van der Waals surface area contributed by atoms with Crippen molar-refractivity contribution in [2.24, 2.45) is 0 Å². The molecule has 0 aliphatic heterocycles. The highest BCUT2D eigenvalue weighted by atomic mass is 19.4. The van der Waals surface area contributed by atoms with Gasteiger partial charge >= 0.3 is 6.18 Å². The van der Waals surface area contributed by atoms with Crippen molar-refractivity contribution < 1.29 is 39.5 Å². The fourth-order valence-electron chi connectivity index (χ4n) is 4.80. The molecule has 0 unspecified atom stereocenters. The first-order valence-corrected chi connectivity index (χ1v) is 12.4. The van der Waals surface area contributed by atoms with E-state index in [4.69, 9.17) is 0 Å². The molecule has 42 heavy (non-hydrogen) atoms. The number of hydrogen-bond donors (Lipinski definition) is 0. The van der Waals surface area contributed by atoms with Crippen molar-refractivity contribution in [1.82, 2.24) is 0 Å². The fraction of sp³-hybridized carbons (Fsp3) is 0.0909. The Morgan fingerprint density at radius 2 is 1.29 bits per heavy atom. The summed E-state index contributed by atoms with van der Waals surface area (Å²) in [5, 5.41) is 0.0659.